The number of rotatable bonds is 3. The molecule has 1 unspecified atom stereocenters. The highest BCUT2D eigenvalue weighted by molar-refractivity contribution is 6.03. The molecule has 3 rings (SSSR count). The van der Waals surface area contributed by atoms with E-state index in [0.29, 0.717) is 0 Å². The Morgan fingerprint density at radius 3 is 2.43 bits per heavy atom. The second kappa shape index (κ2) is 5.22. The molecule has 108 valence electrons. The van der Waals surface area contributed by atoms with Crippen molar-refractivity contribution < 1.29 is 4.79 Å². The van der Waals surface area contributed by atoms with Crippen molar-refractivity contribution >= 4 is 23.0 Å². The van der Waals surface area contributed by atoms with Crippen LogP contribution in [0.2, 0.25) is 0 Å². The molecule has 1 heterocycles. The first kappa shape index (κ1) is 13.6. The summed E-state index contributed by atoms with van der Waals surface area (Å²) in [7, 11) is 3.82. The summed E-state index contributed by atoms with van der Waals surface area (Å²) in [5.41, 5.74) is 5.30. The lowest BCUT2D eigenvalue weighted by Crippen LogP contribution is -2.23. The third-order valence-corrected chi connectivity index (χ3v) is 3.97. The van der Waals surface area contributed by atoms with Crippen molar-refractivity contribution in [1.82, 2.24) is 5.32 Å². The minimum Gasteiger partial charge on any atom is -0.345 e. The summed E-state index contributed by atoms with van der Waals surface area (Å²) in [6.07, 6.45) is 0. The lowest BCUT2D eigenvalue weighted by atomic mass is 10.1. The van der Waals surface area contributed by atoms with Gasteiger partial charge in [0.05, 0.1) is 0 Å². The predicted molar refractivity (Wildman–Crippen MR) is 86.1 cm³/mol. The van der Waals surface area contributed by atoms with Crippen LogP contribution in [-0.2, 0) is 4.79 Å². The van der Waals surface area contributed by atoms with Crippen molar-refractivity contribution in [2.75, 3.05) is 24.3 Å². The summed E-state index contributed by atoms with van der Waals surface area (Å²) in [6, 6.07) is 14.2. The smallest absolute Gasteiger partial charge is 0.246 e. The van der Waals surface area contributed by atoms with Gasteiger partial charge < -0.3 is 15.5 Å². The van der Waals surface area contributed by atoms with Gasteiger partial charge in [-0.2, -0.15) is 0 Å². The number of anilines is 3. The molecule has 1 amide bonds. The Labute approximate surface area is 124 Å². The van der Waals surface area contributed by atoms with Crippen molar-refractivity contribution in [3.8, 4) is 0 Å². The average molecular weight is 281 g/mol. The quantitative estimate of drug-likeness (QED) is 0.909. The Balaban J connectivity index is 1.93. The molecule has 2 aromatic rings. The fourth-order valence-corrected chi connectivity index (χ4v) is 2.66. The molecule has 4 heteroatoms. The number of nitrogens with one attached hydrogen (secondary N) is 2. The summed E-state index contributed by atoms with van der Waals surface area (Å²) >= 11 is 0. The van der Waals surface area contributed by atoms with Gasteiger partial charge in [0.15, 0.2) is 0 Å². The van der Waals surface area contributed by atoms with E-state index < -0.39 is 0 Å². The van der Waals surface area contributed by atoms with Crippen molar-refractivity contribution in [3.05, 3.63) is 53.6 Å². The summed E-state index contributed by atoms with van der Waals surface area (Å²) in [6.45, 7) is 2.08. The van der Waals surface area contributed by atoms with Gasteiger partial charge in [-0.15, -0.1) is 0 Å². The summed E-state index contributed by atoms with van der Waals surface area (Å²) in [5.74, 6) is 0.00244. The molecule has 0 aromatic heterocycles. The topological polar surface area (TPSA) is 44.4 Å². The van der Waals surface area contributed by atoms with Crippen LogP contribution >= 0.6 is 0 Å². The van der Waals surface area contributed by atoms with Crippen molar-refractivity contribution in [2.45, 2.75) is 13.0 Å². The maximum absolute atomic E-state index is 11.9. The molecule has 0 spiro atoms. The minimum absolute atomic E-state index is 0.00244. The van der Waals surface area contributed by atoms with Gasteiger partial charge in [0.1, 0.15) is 6.04 Å². The molecule has 1 aliphatic rings. The van der Waals surface area contributed by atoms with Gasteiger partial charge in [-0.05, 0) is 38.2 Å². The molecule has 0 radical (unpaired) electrons. The molecule has 0 saturated heterocycles. The average Bonchev–Trinajstić information content (AvgIpc) is 2.81. The molecule has 1 aliphatic heterocycles. The van der Waals surface area contributed by atoms with Gasteiger partial charge in [-0.3, -0.25) is 4.79 Å². The minimum atomic E-state index is -0.251. The Bertz CT molecular complexity index is 679. The van der Waals surface area contributed by atoms with Gasteiger partial charge in [-0.25, -0.2) is 0 Å². The standard InChI is InChI=1S/C17H19N3O/c1-11-4-6-12(7-5-11)20(3)13-8-9-14-15(10-13)19-17(21)16(14)18-2/h4-10,16,18H,1-3H3,(H,19,21). The highest BCUT2D eigenvalue weighted by Gasteiger charge is 2.29. The lowest BCUT2D eigenvalue weighted by molar-refractivity contribution is -0.117. The molecule has 2 aromatic carbocycles. The number of likely N-dealkylation sites (N-methyl/N-ethyl adjacent to an activating group) is 1. The first-order valence-corrected chi connectivity index (χ1v) is 7.02. The molecule has 21 heavy (non-hydrogen) atoms. The summed E-state index contributed by atoms with van der Waals surface area (Å²) < 4.78 is 0. The van der Waals surface area contributed by atoms with Crippen LogP contribution in [0, 0.1) is 6.92 Å². The zero-order valence-electron chi connectivity index (χ0n) is 12.5. The predicted octanol–water partition coefficient (Wildman–Crippen LogP) is 2.98. The van der Waals surface area contributed by atoms with E-state index in [1.165, 1.54) is 5.56 Å². The number of benzene rings is 2. The van der Waals surface area contributed by atoms with E-state index in [1.54, 1.807) is 7.05 Å². The van der Waals surface area contributed by atoms with E-state index in [1.807, 2.05) is 25.2 Å². The fraction of sp³-hybridized carbons (Fsp3) is 0.235. The fourth-order valence-electron chi connectivity index (χ4n) is 2.66. The van der Waals surface area contributed by atoms with Crippen LogP contribution in [-0.4, -0.2) is 20.0 Å². The molecule has 1 atom stereocenters. The maximum atomic E-state index is 11.9. The Morgan fingerprint density at radius 2 is 1.76 bits per heavy atom. The van der Waals surface area contributed by atoms with E-state index in [-0.39, 0.29) is 11.9 Å². The molecular weight excluding hydrogens is 262 g/mol. The highest BCUT2D eigenvalue weighted by atomic mass is 16.2. The molecular formula is C17H19N3O. The van der Waals surface area contributed by atoms with Crippen LogP contribution in [0.1, 0.15) is 17.2 Å². The third-order valence-electron chi connectivity index (χ3n) is 3.97. The SMILES string of the molecule is CNC1C(=O)Nc2cc(N(C)c3ccc(C)cc3)ccc21. The van der Waals surface area contributed by atoms with Crippen molar-refractivity contribution in [1.29, 1.82) is 0 Å². The van der Waals surface area contributed by atoms with E-state index in [0.717, 1.165) is 22.6 Å². The number of fused-ring (bicyclic) bond motifs is 1. The maximum Gasteiger partial charge on any atom is 0.246 e. The van der Waals surface area contributed by atoms with E-state index in [9.17, 15) is 4.79 Å². The molecule has 0 saturated carbocycles. The number of hydrogen-bond acceptors (Lipinski definition) is 3. The van der Waals surface area contributed by atoms with Crippen LogP contribution in [0.25, 0.3) is 0 Å². The Kier molecular flexibility index (Phi) is 3.39. The zero-order valence-corrected chi connectivity index (χ0v) is 12.5. The van der Waals surface area contributed by atoms with Crippen molar-refractivity contribution in [2.24, 2.45) is 0 Å². The number of hydrogen-bond donors (Lipinski definition) is 2. The van der Waals surface area contributed by atoms with E-state index >= 15 is 0 Å². The molecule has 0 fully saturated rings. The second-order valence-corrected chi connectivity index (χ2v) is 5.38. The first-order chi connectivity index (χ1) is 10.1. The number of nitrogens with zero attached hydrogens (tertiary/aromatic N) is 1. The van der Waals surface area contributed by atoms with E-state index in [2.05, 4.69) is 46.7 Å². The second-order valence-electron chi connectivity index (χ2n) is 5.38. The zero-order chi connectivity index (χ0) is 15.0. The molecule has 2 N–H and O–H groups in total. The largest absolute Gasteiger partial charge is 0.345 e. The van der Waals surface area contributed by atoms with Crippen molar-refractivity contribution in [3.63, 3.8) is 0 Å². The lowest BCUT2D eigenvalue weighted by Gasteiger charge is -2.20. The number of amides is 1. The molecule has 4 nitrogen and oxygen atoms in total. The first-order valence-electron chi connectivity index (χ1n) is 7.02. The number of aryl methyl sites for hydroxylation is 1. The van der Waals surface area contributed by atoms with Gasteiger partial charge >= 0.3 is 0 Å². The highest BCUT2D eigenvalue weighted by Crippen LogP contribution is 2.35. The van der Waals surface area contributed by atoms with Gasteiger partial charge in [0.25, 0.3) is 0 Å². The van der Waals surface area contributed by atoms with Crippen LogP contribution in [0.3, 0.4) is 0 Å². The number of carbonyl (C=O) groups is 1. The van der Waals surface area contributed by atoms with Gasteiger partial charge in [0, 0.05) is 29.7 Å². The monoisotopic (exact) mass is 281 g/mol. The Hall–Kier alpha value is -2.33. The third kappa shape index (κ3) is 2.38. The van der Waals surface area contributed by atoms with Gasteiger partial charge in [0.2, 0.25) is 5.91 Å². The van der Waals surface area contributed by atoms with Crippen LogP contribution in [0.5, 0.6) is 0 Å². The van der Waals surface area contributed by atoms with Gasteiger partial charge in [-0.1, -0.05) is 23.8 Å². The molecule has 0 aliphatic carbocycles. The van der Waals surface area contributed by atoms with Crippen LogP contribution in [0.15, 0.2) is 42.5 Å². The van der Waals surface area contributed by atoms with E-state index in [4.69, 9.17) is 0 Å². The summed E-state index contributed by atoms with van der Waals surface area (Å²) in [4.78, 5) is 14.0. The normalized spacial score (nSPS) is 16.5. The molecule has 0 bridgehead atoms. The van der Waals surface area contributed by atoms with Crippen LogP contribution in [0.4, 0.5) is 17.1 Å². The van der Waals surface area contributed by atoms with Crippen LogP contribution < -0.4 is 15.5 Å². The number of carbonyl (C=O) groups excluding carboxylic acids is 1. The summed E-state index contributed by atoms with van der Waals surface area (Å²) in [5, 5.41) is 5.96. The Morgan fingerprint density at radius 1 is 1.10 bits per heavy atom.